The highest BCUT2D eigenvalue weighted by atomic mass is 16.7. The molecule has 1 fully saturated rings. The first-order valence-electron chi connectivity index (χ1n) is 7.06. The van der Waals surface area contributed by atoms with E-state index in [9.17, 15) is 0 Å². The average molecular weight is 244 g/mol. The maximum Gasteiger partial charge on any atom is 0.157 e. The van der Waals surface area contributed by atoms with E-state index in [0.29, 0.717) is 18.4 Å². The molecule has 1 saturated heterocycles. The highest BCUT2D eigenvalue weighted by molar-refractivity contribution is 4.58. The molecule has 1 unspecified atom stereocenters. The molecule has 3 atom stereocenters. The average Bonchev–Trinajstić information content (AvgIpc) is 2.37. The second kappa shape index (κ2) is 8.90. The van der Waals surface area contributed by atoms with Crippen molar-refractivity contribution >= 4 is 0 Å². The number of hydrogen-bond acceptors (Lipinski definition) is 3. The SMILES string of the molecule is C[C@@H](CO)CCC[C@H](C)COC1CCCCO1. The Balaban J connectivity index is 1.98. The second-order valence-electron chi connectivity index (χ2n) is 5.45. The van der Waals surface area contributed by atoms with Gasteiger partial charge in [0.15, 0.2) is 6.29 Å². The Morgan fingerprint density at radius 2 is 2.00 bits per heavy atom. The minimum absolute atomic E-state index is 0.0440. The van der Waals surface area contributed by atoms with Gasteiger partial charge in [0.25, 0.3) is 0 Å². The summed E-state index contributed by atoms with van der Waals surface area (Å²) in [5.74, 6) is 1.02. The summed E-state index contributed by atoms with van der Waals surface area (Å²) in [5, 5.41) is 8.93. The molecule has 1 aliphatic rings. The molecule has 3 nitrogen and oxygen atoms in total. The first-order valence-corrected chi connectivity index (χ1v) is 7.06. The van der Waals surface area contributed by atoms with E-state index < -0.39 is 0 Å². The molecule has 0 aromatic rings. The van der Waals surface area contributed by atoms with Crippen LogP contribution in [0.5, 0.6) is 0 Å². The highest BCUT2D eigenvalue weighted by Gasteiger charge is 2.15. The maximum atomic E-state index is 8.93. The standard InChI is InChI=1S/C14H28O3/c1-12(10-15)6-5-7-13(2)11-17-14-8-3-4-9-16-14/h12-15H,3-11H2,1-2H3/t12-,13+,14?/m1/s1. The summed E-state index contributed by atoms with van der Waals surface area (Å²) < 4.78 is 11.3. The van der Waals surface area contributed by atoms with E-state index in [-0.39, 0.29) is 6.29 Å². The van der Waals surface area contributed by atoms with E-state index in [0.717, 1.165) is 26.1 Å². The Kier molecular flexibility index (Phi) is 7.82. The third-order valence-corrected chi connectivity index (χ3v) is 3.41. The van der Waals surface area contributed by atoms with E-state index >= 15 is 0 Å². The van der Waals surface area contributed by atoms with Gasteiger partial charge in [0.05, 0.1) is 6.61 Å². The fourth-order valence-electron chi connectivity index (χ4n) is 2.10. The molecule has 1 aliphatic heterocycles. The number of hydrogen-bond donors (Lipinski definition) is 1. The lowest BCUT2D eigenvalue weighted by Crippen LogP contribution is -2.24. The largest absolute Gasteiger partial charge is 0.396 e. The van der Waals surface area contributed by atoms with Crippen LogP contribution >= 0.6 is 0 Å². The van der Waals surface area contributed by atoms with Crippen molar-refractivity contribution in [3.63, 3.8) is 0 Å². The van der Waals surface area contributed by atoms with E-state index in [2.05, 4.69) is 13.8 Å². The number of aliphatic hydroxyl groups is 1. The minimum atomic E-state index is 0.0440. The van der Waals surface area contributed by atoms with Crippen molar-refractivity contribution in [1.29, 1.82) is 0 Å². The zero-order valence-electron chi connectivity index (χ0n) is 11.4. The van der Waals surface area contributed by atoms with Crippen molar-refractivity contribution in [2.45, 2.75) is 58.7 Å². The second-order valence-corrected chi connectivity index (χ2v) is 5.45. The predicted octanol–water partition coefficient (Wildman–Crippen LogP) is 2.96. The van der Waals surface area contributed by atoms with Crippen molar-refractivity contribution in [3.8, 4) is 0 Å². The third-order valence-electron chi connectivity index (χ3n) is 3.41. The summed E-state index contributed by atoms with van der Waals surface area (Å²) in [6.07, 6.45) is 6.97. The van der Waals surface area contributed by atoms with Crippen molar-refractivity contribution in [3.05, 3.63) is 0 Å². The van der Waals surface area contributed by atoms with Gasteiger partial charge < -0.3 is 14.6 Å². The molecule has 0 saturated carbocycles. The fourth-order valence-corrected chi connectivity index (χ4v) is 2.10. The lowest BCUT2D eigenvalue weighted by Gasteiger charge is -2.24. The van der Waals surface area contributed by atoms with E-state index in [1.165, 1.54) is 25.7 Å². The van der Waals surface area contributed by atoms with Gasteiger partial charge >= 0.3 is 0 Å². The molecule has 17 heavy (non-hydrogen) atoms. The van der Waals surface area contributed by atoms with E-state index in [1.54, 1.807) is 0 Å². The van der Waals surface area contributed by atoms with Crippen LogP contribution in [0.3, 0.4) is 0 Å². The Hall–Kier alpha value is -0.120. The molecule has 1 heterocycles. The van der Waals surface area contributed by atoms with Crippen LogP contribution in [0.1, 0.15) is 52.4 Å². The van der Waals surface area contributed by atoms with Crippen LogP contribution in [-0.2, 0) is 9.47 Å². The van der Waals surface area contributed by atoms with Gasteiger partial charge in [-0.3, -0.25) is 0 Å². The summed E-state index contributed by atoms with van der Waals surface area (Å²) in [6.45, 7) is 6.29. The molecule has 0 bridgehead atoms. The quantitative estimate of drug-likeness (QED) is 0.713. The molecule has 0 spiro atoms. The molecular weight excluding hydrogens is 216 g/mol. The molecule has 0 radical (unpaired) electrons. The Bertz CT molecular complexity index is 178. The van der Waals surface area contributed by atoms with Crippen molar-refractivity contribution in [1.82, 2.24) is 0 Å². The lowest BCUT2D eigenvalue weighted by molar-refractivity contribution is -0.168. The molecule has 102 valence electrons. The fraction of sp³-hybridized carbons (Fsp3) is 1.00. The van der Waals surface area contributed by atoms with Gasteiger partial charge in [0.1, 0.15) is 0 Å². The van der Waals surface area contributed by atoms with Gasteiger partial charge in [-0.1, -0.05) is 20.3 Å². The normalized spacial score (nSPS) is 24.5. The van der Waals surface area contributed by atoms with Gasteiger partial charge in [0, 0.05) is 13.2 Å². The molecule has 0 aliphatic carbocycles. The van der Waals surface area contributed by atoms with Crippen molar-refractivity contribution in [2.75, 3.05) is 19.8 Å². The van der Waals surface area contributed by atoms with Crippen molar-refractivity contribution < 1.29 is 14.6 Å². The van der Waals surface area contributed by atoms with E-state index in [4.69, 9.17) is 14.6 Å². The van der Waals surface area contributed by atoms with Crippen LogP contribution in [0.15, 0.2) is 0 Å². The first kappa shape index (κ1) is 14.9. The van der Waals surface area contributed by atoms with E-state index in [1.807, 2.05) is 0 Å². The Morgan fingerprint density at radius 3 is 2.65 bits per heavy atom. The van der Waals surface area contributed by atoms with Crippen LogP contribution in [-0.4, -0.2) is 31.2 Å². The summed E-state index contributed by atoms with van der Waals surface area (Å²) in [6, 6.07) is 0. The van der Waals surface area contributed by atoms with Crippen LogP contribution in [0, 0.1) is 11.8 Å². The third kappa shape index (κ3) is 7.02. The Labute approximate surface area is 105 Å². The zero-order valence-corrected chi connectivity index (χ0v) is 11.4. The summed E-state index contributed by atoms with van der Waals surface area (Å²) in [5.41, 5.74) is 0. The van der Waals surface area contributed by atoms with Gasteiger partial charge in [-0.2, -0.15) is 0 Å². The number of ether oxygens (including phenoxy) is 2. The molecule has 1 N–H and O–H groups in total. The smallest absolute Gasteiger partial charge is 0.157 e. The van der Waals surface area contributed by atoms with Crippen LogP contribution < -0.4 is 0 Å². The first-order chi connectivity index (χ1) is 8.22. The Morgan fingerprint density at radius 1 is 1.24 bits per heavy atom. The molecular formula is C14H28O3. The lowest BCUT2D eigenvalue weighted by atomic mass is 10.00. The van der Waals surface area contributed by atoms with Crippen LogP contribution in [0.4, 0.5) is 0 Å². The van der Waals surface area contributed by atoms with Gasteiger partial charge in [-0.05, 0) is 43.9 Å². The number of rotatable bonds is 8. The number of aliphatic hydroxyl groups excluding tert-OH is 1. The maximum absolute atomic E-state index is 8.93. The van der Waals surface area contributed by atoms with Crippen LogP contribution in [0.2, 0.25) is 0 Å². The van der Waals surface area contributed by atoms with Gasteiger partial charge in [-0.25, -0.2) is 0 Å². The topological polar surface area (TPSA) is 38.7 Å². The van der Waals surface area contributed by atoms with Gasteiger partial charge in [0.2, 0.25) is 0 Å². The monoisotopic (exact) mass is 244 g/mol. The van der Waals surface area contributed by atoms with Gasteiger partial charge in [-0.15, -0.1) is 0 Å². The molecule has 1 rings (SSSR count). The molecule has 0 aromatic heterocycles. The summed E-state index contributed by atoms with van der Waals surface area (Å²) in [7, 11) is 0. The highest BCUT2D eigenvalue weighted by Crippen LogP contribution is 2.17. The molecule has 3 heteroatoms. The predicted molar refractivity (Wildman–Crippen MR) is 68.8 cm³/mol. The van der Waals surface area contributed by atoms with Crippen molar-refractivity contribution in [2.24, 2.45) is 11.8 Å². The molecule has 0 amide bonds. The van der Waals surface area contributed by atoms with Crippen LogP contribution in [0.25, 0.3) is 0 Å². The summed E-state index contributed by atoms with van der Waals surface area (Å²) >= 11 is 0. The molecule has 0 aromatic carbocycles. The minimum Gasteiger partial charge on any atom is -0.396 e. The zero-order chi connectivity index (χ0) is 12.5. The summed E-state index contributed by atoms with van der Waals surface area (Å²) in [4.78, 5) is 0.